The third-order valence-corrected chi connectivity index (χ3v) is 3.48. The number of benzene rings is 1. The van der Waals surface area contributed by atoms with Crippen molar-refractivity contribution in [2.45, 2.75) is 12.5 Å². The van der Waals surface area contributed by atoms with Crippen molar-refractivity contribution in [2.24, 2.45) is 0 Å². The van der Waals surface area contributed by atoms with Crippen LogP contribution in [0.4, 0.5) is 10.5 Å². The van der Waals surface area contributed by atoms with Crippen molar-refractivity contribution in [2.75, 3.05) is 4.90 Å². The zero-order chi connectivity index (χ0) is 13.5. The van der Waals surface area contributed by atoms with E-state index >= 15 is 0 Å². The summed E-state index contributed by atoms with van der Waals surface area (Å²) in [5.41, 5.74) is -1.17. The van der Waals surface area contributed by atoms with Gasteiger partial charge < -0.3 is 4.74 Å². The van der Waals surface area contributed by atoms with E-state index in [1.54, 1.807) is 12.1 Å². The standard InChI is InChI=1S/C12H9Cl2NO3/c1-3-12(2)10(16)15(11(17)18-12)8-6-4-5-7(13)9(8)14/h3-6H,1H2,2H3. The van der Waals surface area contributed by atoms with E-state index in [0.717, 1.165) is 4.90 Å². The predicted molar refractivity (Wildman–Crippen MR) is 69.0 cm³/mol. The summed E-state index contributed by atoms with van der Waals surface area (Å²) in [5.74, 6) is -0.549. The lowest BCUT2D eigenvalue weighted by Gasteiger charge is -2.15. The Labute approximate surface area is 114 Å². The summed E-state index contributed by atoms with van der Waals surface area (Å²) in [4.78, 5) is 24.8. The minimum atomic E-state index is -1.37. The van der Waals surface area contributed by atoms with E-state index in [-0.39, 0.29) is 15.7 Å². The molecule has 2 amide bonds. The molecule has 0 N–H and O–H groups in total. The zero-order valence-electron chi connectivity index (χ0n) is 9.44. The smallest absolute Gasteiger partial charge is 0.422 e. The first kappa shape index (κ1) is 12.9. The molecule has 1 aromatic rings. The van der Waals surface area contributed by atoms with Gasteiger partial charge in [-0.1, -0.05) is 35.8 Å². The summed E-state index contributed by atoms with van der Waals surface area (Å²) in [7, 11) is 0. The highest BCUT2D eigenvalue weighted by Gasteiger charge is 2.49. The molecule has 1 unspecified atom stereocenters. The maximum absolute atomic E-state index is 12.1. The van der Waals surface area contributed by atoms with Crippen LogP contribution in [0.15, 0.2) is 30.9 Å². The Morgan fingerprint density at radius 3 is 2.61 bits per heavy atom. The van der Waals surface area contributed by atoms with Crippen molar-refractivity contribution < 1.29 is 14.3 Å². The normalized spacial score (nSPS) is 23.2. The Bertz CT molecular complexity index is 558. The minimum absolute atomic E-state index is 0.123. The number of hydrogen-bond donors (Lipinski definition) is 0. The highest BCUT2D eigenvalue weighted by molar-refractivity contribution is 6.44. The van der Waals surface area contributed by atoms with Crippen LogP contribution in [-0.2, 0) is 9.53 Å². The molecular weight excluding hydrogens is 277 g/mol. The number of amides is 2. The number of carbonyl (C=O) groups excluding carboxylic acids is 2. The van der Waals surface area contributed by atoms with Crippen LogP contribution in [0.5, 0.6) is 0 Å². The van der Waals surface area contributed by atoms with Gasteiger partial charge >= 0.3 is 6.09 Å². The molecule has 1 aliphatic heterocycles. The Kier molecular flexibility index (Phi) is 3.09. The molecule has 1 aromatic carbocycles. The topological polar surface area (TPSA) is 46.6 Å². The van der Waals surface area contributed by atoms with E-state index < -0.39 is 17.6 Å². The molecule has 0 saturated carbocycles. The lowest BCUT2D eigenvalue weighted by Crippen LogP contribution is -2.37. The monoisotopic (exact) mass is 285 g/mol. The van der Waals surface area contributed by atoms with Gasteiger partial charge in [-0.3, -0.25) is 4.79 Å². The fourth-order valence-corrected chi connectivity index (χ4v) is 1.96. The summed E-state index contributed by atoms with van der Waals surface area (Å²) in [6.45, 7) is 4.94. The minimum Gasteiger partial charge on any atom is -0.428 e. The molecule has 94 valence electrons. The summed E-state index contributed by atoms with van der Waals surface area (Å²) >= 11 is 11.8. The van der Waals surface area contributed by atoms with Crippen LogP contribution in [0.2, 0.25) is 10.0 Å². The Balaban J connectivity index is 2.52. The SMILES string of the molecule is C=CC1(C)OC(=O)N(c2cccc(Cl)c2Cl)C1=O. The Hall–Kier alpha value is -1.52. The van der Waals surface area contributed by atoms with Crippen LogP contribution in [0.3, 0.4) is 0 Å². The summed E-state index contributed by atoms with van der Waals surface area (Å²) in [5, 5.41) is 0.375. The van der Waals surface area contributed by atoms with Crippen LogP contribution in [-0.4, -0.2) is 17.6 Å². The molecule has 1 atom stereocenters. The third-order valence-electron chi connectivity index (χ3n) is 2.67. The maximum atomic E-state index is 12.1. The van der Waals surface area contributed by atoms with E-state index in [9.17, 15) is 9.59 Å². The van der Waals surface area contributed by atoms with E-state index in [1.807, 2.05) is 0 Å². The summed E-state index contributed by atoms with van der Waals surface area (Å²) < 4.78 is 4.99. The molecule has 0 aliphatic carbocycles. The number of ether oxygens (including phenoxy) is 1. The van der Waals surface area contributed by atoms with Gasteiger partial charge in [0.2, 0.25) is 5.60 Å². The molecule has 0 radical (unpaired) electrons. The van der Waals surface area contributed by atoms with Crippen molar-refractivity contribution >= 4 is 40.9 Å². The van der Waals surface area contributed by atoms with Crippen molar-refractivity contribution in [3.8, 4) is 0 Å². The fourth-order valence-electron chi connectivity index (χ4n) is 1.58. The number of anilines is 1. The molecule has 6 heteroatoms. The Morgan fingerprint density at radius 1 is 1.39 bits per heavy atom. The molecular formula is C12H9Cl2NO3. The van der Waals surface area contributed by atoms with E-state index in [2.05, 4.69) is 6.58 Å². The first-order valence-electron chi connectivity index (χ1n) is 5.06. The van der Waals surface area contributed by atoms with Crippen molar-refractivity contribution in [3.05, 3.63) is 40.9 Å². The first-order chi connectivity index (χ1) is 8.40. The van der Waals surface area contributed by atoms with Gasteiger partial charge in [-0.25, -0.2) is 9.69 Å². The van der Waals surface area contributed by atoms with E-state index in [4.69, 9.17) is 27.9 Å². The van der Waals surface area contributed by atoms with Gasteiger partial charge in [0.25, 0.3) is 5.91 Å². The van der Waals surface area contributed by atoms with Gasteiger partial charge in [-0.2, -0.15) is 0 Å². The van der Waals surface area contributed by atoms with E-state index in [0.29, 0.717) is 0 Å². The quantitative estimate of drug-likeness (QED) is 0.782. The average molecular weight is 286 g/mol. The number of cyclic esters (lactones) is 1. The number of hydrogen-bond acceptors (Lipinski definition) is 3. The zero-order valence-corrected chi connectivity index (χ0v) is 11.0. The number of halogens is 2. The molecule has 1 fully saturated rings. The van der Waals surface area contributed by atoms with Crippen LogP contribution < -0.4 is 4.90 Å². The summed E-state index contributed by atoms with van der Waals surface area (Å²) in [6.07, 6.45) is 0.470. The number of nitrogens with zero attached hydrogens (tertiary/aromatic N) is 1. The molecule has 18 heavy (non-hydrogen) atoms. The van der Waals surface area contributed by atoms with Gasteiger partial charge in [0.15, 0.2) is 0 Å². The molecule has 0 bridgehead atoms. The lowest BCUT2D eigenvalue weighted by molar-refractivity contribution is -0.125. The molecule has 2 rings (SSSR count). The first-order valence-corrected chi connectivity index (χ1v) is 5.81. The van der Waals surface area contributed by atoms with Crippen molar-refractivity contribution in [3.63, 3.8) is 0 Å². The fraction of sp³-hybridized carbons (Fsp3) is 0.167. The van der Waals surface area contributed by atoms with E-state index in [1.165, 1.54) is 19.1 Å². The highest BCUT2D eigenvalue weighted by Crippen LogP contribution is 2.37. The third kappa shape index (κ3) is 1.78. The van der Waals surface area contributed by atoms with Gasteiger partial charge in [0, 0.05) is 0 Å². The second-order valence-electron chi connectivity index (χ2n) is 3.89. The van der Waals surface area contributed by atoms with Gasteiger partial charge in [0.05, 0.1) is 15.7 Å². The number of imide groups is 1. The molecule has 0 spiro atoms. The average Bonchev–Trinajstić information content (AvgIpc) is 2.55. The number of rotatable bonds is 2. The Morgan fingerprint density at radius 2 is 2.06 bits per heavy atom. The molecule has 1 saturated heterocycles. The van der Waals surface area contributed by atoms with Crippen LogP contribution in [0.1, 0.15) is 6.92 Å². The maximum Gasteiger partial charge on any atom is 0.422 e. The van der Waals surface area contributed by atoms with Gasteiger partial charge in [0.1, 0.15) is 0 Å². The lowest BCUT2D eigenvalue weighted by atomic mass is 10.1. The second-order valence-corrected chi connectivity index (χ2v) is 4.68. The van der Waals surface area contributed by atoms with Gasteiger partial charge in [-0.05, 0) is 25.1 Å². The molecule has 0 aromatic heterocycles. The predicted octanol–water partition coefficient (Wildman–Crippen LogP) is 3.42. The number of carbonyl (C=O) groups is 2. The van der Waals surface area contributed by atoms with Crippen molar-refractivity contribution in [1.29, 1.82) is 0 Å². The largest absolute Gasteiger partial charge is 0.428 e. The molecule has 4 nitrogen and oxygen atoms in total. The molecule has 1 heterocycles. The van der Waals surface area contributed by atoms with Crippen LogP contribution >= 0.6 is 23.2 Å². The van der Waals surface area contributed by atoms with Crippen LogP contribution in [0.25, 0.3) is 0 Å². The summed E-state index contributed by atoms with van der Waals surface area (Å²) in [6, 6.07) is 4.67. The second kappa shape index (κ2) is 4.30. The highest BCUT2D eigenvalue weighted by atomic mass is 35.5. The van der Waals surface area contributed by atoms with Crippen LogP contribution in [0, 0.1) is 0 Å². The van der Waals surface area contributed by atoms with Crippen molar-refractivity contribution in [1.82, 2.24) is 0 Å². The molecule has 1 aliphatic rings. The van der Waals surface area contributed by atoms with Gasteiger partial charge in [-0.15, -0.1) is 0 Å².